The number of ether oxygens (including phenoxy) is 4. The standard InChI is InChI=1S/2C22H31N3O5/c2*1-5-29-18(26)17-11-13-24-14-12-22(19(27)25(17)24,15-16-9-7-6-8-10-16)23-20(28)30-21(2,3)4/h2*6-10,17H,5,11-15H2,1-4H3,(H,23,28)/t17-,22+;17-,22-/m00/s1. The Bertz CT molecular complexity index is 1720. The van der Waals surface area contributed by atoms with Crippen LogP contribution in [0.3, 0.4) is 0 Å². The molecule has 4 aliphatic rings. The Morgan fingerprint density at radius 3 is 1.27 bits per heavy atom. The second-order valence-electron chi connectivity index (χ2n) is 17.6. The molecule has 2 aromatic rings. The fraction of sp³-hybridized carbons (Fsp3) is 0.591. The topological polar surface area (TPSA) is 176 Å². The molecule has 4 saturated heterocycles. The summed E-state index contributed by atoms with van der Waals surface area (Å²) < 4.78 is 21.3. The summed E-state index contributed by atoms with van der Waals surface area (Å²) in [6.45, 7) is 16.9. The minimum Gasteiger partial charge on any atom is -0.464 e. The van der Waals surface area contributed by atoms with E-state index in [1.165, 1.54) is 10.0 Å². The highest BCUT2D eigenvalue weighted by atomic mass is 16.6. The Labute approximate surface area is 353 Å². The number of hydrogen-bond acceptors (Lipinski definition) is 12. The number of fused-ring (bicyclic) bond motifs is 2. The van der Waals surface area contributed by atoms with Crippen molar-refractivity contribution in [2.75, 3.05) is 39.4 Å². The second kappa shape index (κ2) is 19.0. The van der Waals surface area contributed by atoms with E-state index in [2.05, 4.69) is 10.6 Å². The summed E-state index contributed by atoms with van der Waals surface area (Å²) in [5.41, 5.74) is -1.94. The normalized spacial score (nSPS) is 24.3. The molecule has 4 atom stereocenters. The smallest absolute Gasteiger partial charge is 0.408 e. The fourth-order valence-corrected chi connectivity index (χ4v) is 8.12. The summed E-state index contributed by atoms with van der Waals surface area (Å²) >= 11 is 0. The summed E-state index contributed by atoms with van der Waals surface area (Å²) in [7, 11) is 0. The molecule has 0 radical (unpaired) electrons. The number of carbonyl (C=O) groups is 6. The molecule has 0 aromatic heterocycles. The third-order valence-corrected chi connectivity index (χ3v) is 10.6. The molecule has 0 spiro atoms. The Balaban J connectivity index is 0.000000228. The molecule has 0 saturated carbocycles. The van der Waals surface area contributed by atoms with Crippen LogP contribution in [0, 0.1) is 0 Å². The summed E-state index contributed by atoms with van der Waals surface area (Å²) in [6, 6.07) is 17.7. The van der Waals surface area contributed by atoms with Crippen molar-refractivity contribution in [3.8, 4) is 0 Å². The number of hydrogen-bond donors (Lipinski definition) is 2. The zero-order valence-corrected chi connectivity index (χ0v) is 36.3. The van der Waals surface area contributed by atoms with Gasteiger partial charge in [0.05, 0.1) is 13.2 Å². The maximum absolute atomic E-state index is 13.8. The number of hydrazine groups is 2. The summed E-state index contributed by atoms with van der Waals surface area (Å²) in [5, 5.41) is 12.5. The van der Waals surface area contributed by atoms with Gasteiger partial charge in [-0.05, 0) is 92.2 Å². The number of amides is 4. The predicted octanol–water partition coefficient (Wildman–Crippen LogP) is 4.55. The zero-order chi connectivity index (χ0) is 43.9. The lowest BCUT2D eigenvalue weighted by molar-refractivity contribution is -0.173. The van der Waals surface area contributed by atoms with Gasteiger partial charge >= 0.3 is 24.1 Å². The lowest BCUT2D eigenvalue weighted by Gasteiger charge is -2.46. The van der Waals surface area contributed by atoms with E-state index in [1.54, 1.807) is 55.4 Å². The van der Waals surface area contributed by atoms with Crippen LogP contribution >= 0.6 is 0 Å². The van der Waals surface area contributed by atoms with Crippen molar-refractivity contribution in [1.82, 2.24) is 30.7 Å². The molecule has 60 heavy (non-hydrogen) atoms. The Morgan fingerprint density at radius 1 is 0.600 bits per heavy atom. The number of benzene rings is 2. The molecule has 16 nitrogen and oxygen atoms in total. The third-order valence-electron chi connectivity index (χ3n) is 10.6. The number of alkyl carbamates (subject to hydrolysis) is 2. The third kappa shape index (κ3) is 11.1. The lowest BCUT2D eigenvalue weighted by atomic mass is 9.84. The SMILES string of the molecule is CCOC(=O)[C@@H]1CCN2CC[C@@](Cc3ccccc3)(NC(=O)OC(C)(C)C)C(=O)N12.CCOC(=O)[C@@H]1CCN2CC[C@](Cc3ccccc3)(NC(=O)OC(C)(C)C)C(=O)N12. The molecule has 0 unspecified atom stereocenters. The van der Waals surface area contributed by atoms with Crippen LogP contribution in [0.5, 0.6) is 0 Å². The molecule has 0 aliphatic carbocycles. The maximum atomic E-state index is 13.8. The van der Waals surface area contributed by atoms with Gasteiger partial charge in [-0.15, -0.1) is 0 Å². The largest absolute Gasteiger partial charge is 0.464 e. The van der Waals surface area contributed by atoms with Crippen LogP contribution in [0.25, 0.3) is 0 Å². The van der Waals surface area contributed by atoms with Gasteiger partial charge in [0.15, 0.2) is 0 Å². The maximum Gasteiger partial charge on any atom is 0.408 e. The first kappa shape index (κ1) is 45.9. The average molecular weight is 835 g/mol. The molecule has 4 amide bonds. The van der Waals surface area contributed by atoms with E-state index in [0.29, 0.717) is 64.7 Å². The predicted molar refractivity (Wildman–Crippen MR) is 221 cm³/mol. The highest BCUT2D eigenvalue weighted by Crippen LogP contribution is 2.35. The van der Waals surface area contributed by atoms with Gasteiger partial charge < -0.3 is 29.6 Å². The van der Waals surface area contributed by atoms with Gasteiger partial charge in [0.1, 0.15) is 34.4 Å². The number of carbonyl (C=O) groups excluding carboxylic acids is 6. The van der Waals surface area contributed by atoms with Crippen molar-refractivity contribution in [2.45, 2.75) is 128 Å². The van der Waals surface area contributed by atoms with Crippen molar-refractivity contribution < 1.29 is 47.7 Å². The van der Waals surface area contributed by atoms with Gasteiger partial charge in [-0.3, -0.25) is 19.6 Å². The van der Waals surface area contributed by atoms with Crippen LogP contribution in [0.2, 0.25) is 0 Å². The van der Waals surface area contributed by atoms with Crippen molar-refractivity contribution in [3.05, 3.63) is 71.8 Å². The van der Waals surface area contributed by atoms with E-state index in [-0.39, 0.29) is 25.0 Å². The molecule has 2 N–H and O–H groups in total. The van der Waals surface area contributed by atoms with Crippen LogP contribution in [0.15, 0.2) is 60.7 Å². The molecule has 0 bridgehead atoms. The Hall–Kier alpha value is -5.22. The molecule has 4 aliphatic heterocycles. The average Bonchev–Trinajstić information content (AvgIpc) is 3.80. The van der Waals surface area contributed by atoms with Crippen molar-refractivity contribution in [2.24, 2.45) is 0 Å². The van der Waals surface area contributed by atoms with Crippen LogP contribution in [-0.2, 0) is 51.0 Å². The Kier molecular flexibility index (Phi) is 14.5. The van der Waals surface area contributed by atoms with E-state index >= 15 is 0 Å². The van der Waals surface area contributed by atoms with Gasteiger partial charge in [-0.25, -0.2) is 29.2 Å². The summed E-state index contributed by atoms with van der Waals surface area (Å²) in [6.07, 6.45) is 1.20. The van der Waals surface area contributed by atoms with E-state index in [1.807, 2.05) is 70.7 Å². The molecule has 4 heterocycles. The van der Waals surface area contributed by atoms with Crippen molar-refractivity contribution >= 4 is 35.9 Å². The summed E-state index contributed by atoms with van der Waals surface area (Å²) in [4.78, 5) is 77.8. The molecule has 4 fully saturated rings. The summed E-state index contributed by atoms with van der Waals surface area (Å²) in [5.74, 6) is -1.44. The number of esters is 2. The van der Waals surface area contributed by atoms with Crippen LogP contribution < -0.4 is 10.6 Å². The van der Waals surface area contributed by atoms with Crippen molar-refractivity contribution in [3.63, 3.8) is 0 Å². The molecular formula is C44H62N6O10. The quantitative estimate of drug-likeness (QED) is 0.253. The number of rotatable bonds is 10. The zero-order valence-electron chi connectivity index (χ0n) is 36.3. The first-order valence-electron chi connectivity index (χ1n) is 20.9. The van der Waals surface area contributed by atoms with Crippen LogP contribution in [0.4, 0.5) is 9.59 Å². The molecule has 328 valence electrons. The lowest BCUT2D eigenvalue weighted by Crippen LogP contribution is -2.69. The van der Waals surface area contributed by atoms with Gasteiger partial charge in [0, 0.05) is 39.0 Å². The van der Waals surface area contributed by atoms with E-state index in [4.69, 9.17) is 18.9 Å². The first-order chi connectivity index (χ1) is 28.3. The minimum atomic E-state index is -1.20. The molecular weight excluding hydrogens is 773 g/mol. The van der Waals surface area contributed by atoms with Gasteiger partial charge in [0.2, 0.25) is 0 Å². The first-order valence-corrected chi connectivity index (χ1v) is 20.9. The minimum absolute atomic E-state index is 0.253. The van der Waals surface area contributed by atoms with E-state index in [0.717, 1.165) is 11.1 Å². The van der Waals surface area contributed by atoms with Gasteiger partial charge in [-0.1, -0.05) is 60.7 Å². The Morgan fingerprint density at radius 2 is 0.950 bits per heavy atom. The number of nitrogens with zero attached hydrogens (tertiary/aromatic N) is 4. The van der Waals surface area contributed by atoms with E-state index < -0.39 is 58.5 Å². The van der Waals surface area contributed by atoms with Crippen LogP contribution in [-0.4, -0.2) is 130 Å². The fourth-order valence-electron chi connectivity index (χ4n) is 8.12. The molecule has 2 aromatic carbocycles. The van der Waals surface area contributed by atoms with Gasteiger partial charge in [0.25, 0.3) is 11.8 Å². The van der Waals surface area contributed by atoms with Gasteiger partial charge in [-0.2, -0.15) is 0 Å². The van der Waals surface area contributed by atoms with Crippen LogP contribution in [0.1, 0.15) is 92.2 Å². The van der Waals surface area contributed by atoms with E-state index in [9.17, 15) is 28.8 Å². The molecule has 6 rings (SSSR count). The molecule has 16 heteroatoms. The highest BCUT2D eigenvalue weighted by molar-refractivity contribution is 5.95. The second-order valence-corrected chi connectivity index (χ2v) is 17.6. The van der Waals surface area contributed by atoms with Crippen molar-refractivity contribution in [1.29, 1.82) is 0 Å². The highest BCUT2D eigenvalue weighted by Gasteiger charge is 2.55. The number of nitrogens with one attached hydrogen (secondary N) is 2. The monoisotopic (exact) mass is 834 g/mol.